The Morgan fingerprint density at radius 1 is 1.25 bits per heavy atom. The molecule has 0 spiro atoms. The number of amides is 1. The van der Waals surface area contributed by atoms with E-state index in [9.17, 15) is 15.2 Å². The summed E-state index contributed by atoms with van der Waals surface area (Å²) in [7, 11) is 2.03. The number of fused-ring (bicyclic) bond motifs is 1. The van der Waals surface area contributed by atoms with Crippen LogP contribution >= 0.6 is 0 Å². The molecule has 2 aromatic heterocycles. The third kappa shape index (κ3) is 5.70. The van der Waals surface area contributed by atoms with Crippen LogP contribution in [0, 0.1) is 17.2 Å². The molecule has 3 atom stereocenters. The van der Waals surface area contributed by atoms with E-state index in [1.54, 1.807) is 41.6 Å². The zero-order valence-electron chi connectivity index (χ0n) is 20.8. The van der Waals surface area contributed by atoms with Crippen LogP contribution in [0.3, 0.4) is 0 Å². The molecule has 8 nitrogen and oxygen atoms in total. The van der Waals surface area contributed by atoms with Crippen molar-refractivity contribution in [2.24, 2.45) is 5.92 Å². The van der Waals surface area contributed by atoms with Crippen molar-refractivity contribution >= 4 is 5.91 Å². The van der Waals surface area contributed by atoms with E-state index in [4.69, 9.17) is 4.74 Å². The van der Waals surface area contributed by atoms with Crippen LogP contribution in [0.5, 0.6) is 5.88 Å². The minimum absolute atomic E-state index is 0.00114. The third-order valence-electron chi connectivity index (χ3n) is 6.51. The van der Waals surface area contributed by atoms with E-state index in [0.29, 0.717) is 30.8 Å². The van der Waals surface area contributed by atoms with Gasteiger partial charge in [0.25, 0.3) is 5.91 Å². The van der Waals surface area contributed by atoms with Crippen LogP contribution < -0.4 is 4.74 Å². The fourth-order valence-corrected chi connectivity index (χ4v) is 4.42. The molecule has 8 heteroatoms. The predicted molar refractivity (Wildman–Crippen MR) is 136 cm³/mol. The van der Waals surface area contributed by atoms with E-state index in [-0.39, 0.29) is 36.5 Å². The second-order valence-electron chi connectivity index (χ2n) is 9.45. The van der Waals surface area contributed by atoms with Gasteiger partial charge in [0.15, 0.2) is 0 Å². The summed E-state index contributed by atoms with van der Waals surface area (Å²) in [6.07, 6.45) is 5.05. The number of carbonyl (C=O) groups is 1. The van der Waals surface area contributed by atoms with Gasteiger partial charge in [-0.1, -0.05) is 25.1 Å². The second-order valence-corrected chi connectivity index (χ2v) is 9.45. The number of hydrogen-bond donors (Lipinski definition) is 1. The number of hydrogen-bond acceptors (Lipinski definition) is 7. The molecule has 3 aromatic rings. The van der Waals surface area contributed by atoms with Crippen molar-refractivity contribution in [3.05, 3.63) is 77.7 Å². The Morgan fingerprint density at radius 3 is 2.81 bits per heavy atom. The smallest absolute Gasteiger partial charge is 0.259 e. The number of pyridine rings is 2. The standard InChI is InChI=1S/C28H31N5O3/c1-19-15-33(20(2)18-34)28(35)25-11-24(23-8-4-6-21(10-23)12-29)14-31-27(25)36-26(19)17-32(3)16-22-7-5-9-30-13-22/h4-11,13-14,19-20,26,34H,15-18H2,1-3H3/t19-,20+,26-/m0/s1. The molecule has 1 aliphatic rings. The first-order chi connectivity index (χ1) is 17.4. The van der Waals surface area contributed by atoms with Crippen LogP contribution in [-0.2, 0) is 6.54 Å². The first-order valence-corrected chi connectivity index (χ1v) is 12.1. The van der Waals surface area contributed by atoms with Crippen molar-refractivity contribution in [3.8, 4) is 23.1 Å². The minimum atomic E-state index is -0.356. The van der Waals surface area contributed by atoms with Gasteiger partial charge in [-0.15, -0.1) is 0 Å². The summed E-state index contributed by atoms with van der Waals surface area (Å²) in [5.74, 6) is 0.0502. The quantitative estimate of drug-likeness (QED) is 0.547. The lowest BCUT2D eigenvalue weighted by Crippen LogP contribution is -2.49. The first kappa shape index (κ1) is 25.3. The molecular weight excluding hydrogens is 454 g/mol. The highest BCUT2D eigenvalue weighted by molar-refractivity contribution is 5.98. The first-order valence-electron chi connectivity index (χ1n) is 12.1. The molecule has 0 bridgehead atoms. The maximum Gasteiger partial charge on any atom is 0.259 e. The van der Waals surface area contributed by atoms with Crippen molar-refractivity contribution < 1.29 is 14.6 Å². The number of rotatable bonds is 7. The largest absolute Gasteiger partial charge is 0.472 e. The van der Waals surface area contributed by atoms with Gasteiger partial charge in [-0.25, -0.2) is 4.98 Å². The molecule has 1 N–H and O–H groups in total. The van der Waals surface area contributed by atoms with Crippen molar-refractivity contribution in [3.63, 3.8) is 0 Å². The molecular formula is C28H31N5O3. The minimum Gasteiger partial charge on any atom is -0.472 e. The van der Waals surface area contributed by atoms with E-state index in [1.807, 2.05) is 38.4 Å². The zero-order chi connectivity index (χ0) is 25.7. The molecule has 1 amide bonds. The highest BCUT2D eigenvalue weighted by Crippen LogP contribution is 2.30. The summed E-state index contributed by atoms with van der Waals surface area (Å²) < 4.78 is 6.39. The van der Waals surface area contributed by atoms with Gasteiger partial charge in [0.05, 0.1) is 24.3 Å². The van der Waals surface area contributed by atoms with E-state index in [1.165, 1.54) is 0 Å². The molecule has 3 heterocycles. The average molecular weight is 486 g/mol. The van der Waals surface area contributed by atoms with Gasteiger partial charge in [0, 0.05) is 49.7 Å². The molecule has 0 aliphatic carbocycles. The zero-order valence-corrected chi connectivity index (χ0v) is 20.8. The van der Waals surface area contributed by atoms with Crippen molar-refractivity contribution in [2.45, 2.75) is 32.5 Å². The van der Waals surface area contributed by atoms with Gasteiger partial charge in [-0.3, -0.25) is 14.7 Å². The van der Waals surface area contributed by atoms with Crippen LogP contribution in [0.4, 0.5) is 0 Å². The molecule has 186 valence electrons. The van der Waals surface area contributed by atoms with E-state index < -0.39 is 0 Å². The van der Waals surface area contributed by atoms with Crippen LogP contribution in [0.1, 0.15) is 35.3 Å². The number of ether oxygens (including phenoxy) is 1. The maximum atomic E-state index is 13.6. The molecule has 36 heavy (non-hydrogen) atoms. The fourth-order valence-electron chi connectivity index (χ4n) is 4.42. The second kappa shape index (κ2) is 11.3. The third-order valence-corrected chi connectivity index (χ3v) is 6.51. The number of nitrogens with zero attached hydrogens (tertiary/aromatic N) is 5. The van der Waals surface area contributed by atoms with E-state index in [2.05, 4.69) is 27.9 Å². The van der Waals surface area contributed by atoms with Gasteiger partial charge in [-0.05, 0) is 49.4 Å². The summed E-state index contributed by atoms with van der Waals surface area (Å²) in [6.45, 7) is 5.53. The Kier molecular flexibility index (Phi) is 7.93. The fraction of sp³-hybridized carbons (Fsp3) is 0.357. The van der Waals surface area contributed by atoms with Crippen molar-refractivity contribution in [1.82, 2.24) is 19.8 Å². The Balaban J connectivity index is 1.67. The van der Waals surface area contributed by atoms with Crippen LogP contribution in [0.2, 0.25) is 0 Å². The molecule has 0 saturated carbocycles. The predicted octanol–water partition coefficient (Wildman–Crippen LogP) is 3.37. The molecule has 0 saturated heterocycles. The summed E-state index contributed by atoms with van der Waals surface area (Å²) in [6, 6.07) is 14.7. The molecule has 4 rings (SSSR count). The SMILES string of the molecule is C[C@H](CO)N1C[C@H](C)[C@H](CN(C)Cc2cccnc2)Oc2ncc(-c3cccc(C#N)c3)cc2C1=O. The number of carbonyl (C=O) groups excluding carboxylic acids is 1. The lowest BCUT2D eigenvalue weighted by atomic mass is 9.98. The van der Waals surface area contributed by atoms with Crippen LogP contribution in [0.15, 0.2) is 61.1 Å². The molecule has 1 aliphatic heterocycles. The summed E-state index contributed by atoms with van der Waals surface area (Å²) >= 11 is 0. The van der Waals surface area contributed by atoms with Crippen molar-refractivity contribution in [2.75, 3.05) is 26.7 Å². The molecule has 0 radical (unpaired) electrons. The summed E-state index contributed by atoms with van der Waals surface area (Å²) in [5, 5.41) is 19.2. The Bertz CT molecular complexity index is 1240. The van der Waals surface area contributed by atoms with Gasteiger partial charge < -0.3 is 14.7 Å². The number of benzene rings is 1. The van der Waals surface area contributed by atoms with Gasteiger partial charge in [-0.2, -0.15) is 5.26 Å². The van der Waals surface area contributed by atoms with E-state index in [0.717, 1.165) is 16.7 Å². The topological polar surface area (TPSA) is 103 Å². The van der Waals surface area contributed by atoms with E-state index >= 15 is 0 Å². The molecule has 1 aromatic carbocycles. The maximum absolute atomic E-state index is 13.6. The van der Waals surface area contributed by atoms with Crippen molar-refractivity contribution in [1.29, 1.82) is 5.26 Å². The number of likely N-dealkylation sites (N-methyl/N-ethyl adjacent to an activating group) is 1. The summed E-state index contributed by atoms with van der Waals surface area (Å²) in [5.41, 5.74) is 3.50. The monoisotopic (exact) mass is 485 g/mol. The highest BCUT2D eigenvalue weighted by atomic mass is 16.5. The van der Waals surface area contributed by atoms with Crippen LogP contribution in [0.25, 0.3) is 11.1 Å². The lowest BCUT2D eigenvalue weighted by molar-refractivity contribution is 0.0325. The van der Waals surface area contributed by atoms with Gasteiger partial charge in [0.1, 0.15) is 11.7 Å². The number of aliphatic hydroxyl groups is 1. The average Bonchev–Trinajstić information content (AvgIpc) is 2.90. The molecule has 0 unspecified atom stereocenters. The number of aliphatic hydroxyl groups excluding tert-OH is 1. The van der Waals surface area contributed by atoms with Gasteiger partial charge >= 0.3 is 0 Å². The number of nitriles is 1. The Labute approximate surface area is 211 Å². The Morgan fingerprint density at radius 2 is 2.08 bits per heavy atom. The van der Waals surface area contributed by atoms with Crippen LogP contribution in [-0.4, -0.2) is 69.7 Å². The highest BCUT2D eigenvalue weighted by Gasteiger charge is 2.34. The lowest BCUT2D eigenvalue weighted by Gasteiger charge is -2.37. The summed E-state index contributed by atoms with van der Waals surface area (Å²) in [4.78, 5) is 26.3. The Hall–Kier alpha value is -3.80. The van der Waals surface area contributed by atoms with Gasteiger partial charge in [0.2, 0.25) is 5.88 Å². The molecule has 0 fully saturated rings. The normalized spacial score (nSPS) is 18.6. The number of aromatic nitrogens is 2.